The maximum Gasteiger partial charge on any atom is 0.342 e. The van der Waals surface area contributed by atoms with E-state index in [1.807, 2.05) is 0 Å². The Balaban J connectivity index is 2.12. The van der Waals surface area contributed by atoms with Crippen LogP contribution in [-0.2, 0) is 9.53 Å². The van der Waals surface area contributed by atoms with Crippen LogP contribution in [-0.4, -0.2) is 36.6 Å². The van der Waals surface area contributed by atoms with Crippen LogP contribution in [0.25, 0.3) is 0 Å². The minimum absolute atomic E-state index is 0.0339. The molecule has 0 aliphatic rings. The number of ether oxygens (including phenoxy) is 3. The second-order valence-electron chi connectivity index (χ2n) is 5.61. The van der Waals surface area contributed by atoms with Crippen LogP contribution in [0.3, 0.4) is 0 Å². The molecule has 2 aromatic carbocycles. The first-order valence-electron chi connectivity index (χ1n) is 8.43. The van der Waals surface area contributed by atoms with Crippen molar-refractivity contribution in [1.29, 1.82) is 0 Å². The molecule has 148 valence electrons. The molecule has 2 rings (SSSR count). The lowest BCUT2D eigenvalue weighted by molar-refractivity contribution is -0.384. The molecule has 0 bridgehead atoms. The van der Waals surface area contributed by atoms with Gasteiger partial charge in [-0.15, -0.1) is 0 Å². The summed E-state index contributed by atoms with van der Waals surface area (Å²) in [5.41, 5.74) is -0.194. The van der Waals surface area contributed by atoms with Crippen molar-refractivity contribution in [2.24, 2.45) is 0 Å². The molecule has 1 atom stereocenters. The predicted octanol–water partition coefficient (Wildman–Crippen LogP) is 3.19. The standard InChI is InChI=1S/C19H20N2O7/c1-4-27-17-8-6-5-7-14(17)19(23)28-12(2)18(22)20-15-10-9-13(26-3)11-16(15)21(24)25/h5-12H,4H2,1-3H3,(H,20,22). The van der Waals surface area contributed by atoms with Crippen molar-refractivity contribution in [2.75, 3.05) is 19.0 Å². The number of carbonyl (C=O) groups excluding carboxylic acids is 2. The van der Waals surface area contributed by atoms with E-state index in [4.69, 9.17) is 14.2 Å². The van der Waals surface area contributed by atoms with Crippen molar-refractivity contribution < 1.29 is 28.7 Å². The molecule has 0 spiro atoms. The lowest BCUT2D eigenvalue weighted by Gasteiger charge is -2.15. The zero-order valence-electron chi connectivity index (χ0n) is 15.6. The highest BCUT2D eigenvalue weighted by molar-refractivity contribution is 5.99. The Bertz CT molecular complexity index is 882. The van der Waals surface area contributed by atoms with Crippen LogP contribution in [0.4, 0.5) is 11.4 Å². The number of para-hydroxylation sites is 1. The Labute approximate surface area is 161 Å². The van der Waals surface area contributed by atoms with Gasteiger partial charge in [-0.2, -0.15) is 0 Å². The molecule has 0 fully saturated rings. The number of nitro groups is 1. The highest BCUT2D eigenvalue weighted by Crippen LogP contribution is 2.29. The van der Waals surface area contributed by atoms with Gasteiger partial charge < -0.3 is 19.5 Å². The topological polar surface area (TPSA) is 117 Å². The van der Waals surface area contributed by atoms with Gasteiger partial charge in [0.15, 0.2) is 6.10 Å². The maximum atomic E-state index is 12.4. The van der Waals surface area contributed by atoms with Crippen molar-refractivity contribution in [1.82, 2.24) is 0 Å². The number of methoxy groups -OCH3 is 1. The van der Waals surface area contributed by atoms with Gasteiger partial charge in [-0.1, -0.05) is 12.1 Å². The van der Waals surface area contributed by atoms with E-state index in [9.17, 15) is 19.7 Å². The fourth-order valence-electron chi connectivity index (χ4n) is 2.32. The van der Waals surface area contributed by atoms with Gasteiger partial charge in [0.1, 0.15) is 22.7 Å². The average Bonchev–Trinajstić information content (AvgIpc) is 2.68. The van der Waals surface area contributed by atoms with Gasteiger partial charge in [-0.3, -0.25) is 14.9 Å². The SMILES string of the molecule is CCOc1ccccc1C(=O)OC(C)C(=O)Nc1ccc(OC)cc1[N+](=O)[O-]. The van der Waals surface area contributed by atoms with Gasteiger partial charge in [0.05, 0.1) is 24.7 Å². The molecular weight excluding hydrogens is 368 g/mol. The van der Waals surface area contributed by atoms with Crippen LogP contribution in [0.15, 0.2) is 42.5 Å². The average molecular weight is 388 g/mol. The van der Waals surface area contributed by atoms with E-state index in [-0.39, 0.29) is 22.7 Å². The van der Waals surface area contributed by atoms with Crippen LogP contribution < -0.4 is 14.8 Å². The molecule has 0 saturated heterocycles. The number of nitrogens with zero attached hydrogens (tertiary/aromatic N) is 1. The van der Waals surface area contributed by atoms with Crippen molar-refractivity contribution in [3.8, 4) is 11.5 Å². The predicted molar refractivity (Wildman–Crippen MR) is 101 cm³/mol. The highest BCUT2D eigenvalue weighted by Gasteiger charge is 2.24. The summed E-state index contributed by atoms with van der Waals surface area (Å²) in [4.78, 5) is 35.3. The minimum atomic E-state index is -1.19. The Kier molecular flexibility index (Phi) is 6.91. The third kappa shape index (κ3) is 4.97. The van der Waals surface area contributed by atoms with Crippen molar-refractivity contribution in [3.63, 3.8) is 0 Å². The number of esters is 1. The highest BCUT2D eigenvalue weighted by atomic mass is 16.6. The Morgan fingerprint density at radius 2 is 1.93 bits per heavy atom. The van der Waals surface area contributed by atoms with Crippen molar-refractivity contribution >= 4 is 23.3 Å². The Morgan fingerprint density at radius 3 is 2.57 bits per heavy atom. The first-order valence-corrected chi connectivity index (χ1v) is 8.43. The lowest BCUT2D eigenvalue weighted by atomic mass is 10.2. The third-order valence-corrected chi connectivity index (χ3v) is 3.72. The first kappa shape index (κ1) is 20.7. The smallest absolute Gasteiger partial charge is 0.342 e. The van der Waals surface area contributed by atoms with Gasteiger partial charge in [-0.25, -0.2) is 4.79 Å². The molecule has 1 N–H and O–H groups in total. The maximum absolute atomic E-state index is 12.4. The summed E-state index contributed by atoms with van der Waals surface area (Å²) in [5.74, 6) is -0.837. The number of nitrogens with one attached hydrogen (secondary N) is 1. The van der Waals surface area contributed by atoms with Gasteiger partial charge >= 0.3 is 5.97 Å². The van der Waals surface area contributed by atoms with Gasteiger partial charge in [0.2, 0.25) is 0 Å². The molecule has 9 heteroatoms. The number of nitro benzene ring substituents is 1. The lowest BCUT2D eigenvalue weighted by Crippen LogP contribution is -2.30. The monoisotopic (exact) mass is 388 g/mol. The molecule has 0 aliphatic heterocycles. The molecule has 9 nitrogen and oxygen atoms in total. The molecular formula is C19H20N2O7. The van der Waals surface area contributed by atoms with E-state index in [1.54, 1.807) is 25.1 Å². The number of carbonyl (C=O) groups is 2. The van der Waals surface area contributed by atoms with E-state index in [1.165, 1.54) is 38.3 Å². The molecule has 1 unspecified atom stereocenters. The second kappa shape index (κ2) is 9.36. The molecule has 1 amide bonds. The fourth-order valence-corrected chi connectivity index (χ4v) is 2.32. The van der Waals surface area contributed by atoms with Crippen LogP contribution in [0.1, 0.15) is 24.2 Å². The first-order chi connectivity index (χ1) is 13.4. The summed E-state index contributed by atoms with van der Waals surface area (Å²) in [6.07, 6.45) is -1.19. The van der Waals surface area contributed by atoms with E-state index in [0.29, 0.717) is 12.4 Å². The third-order valence-electron chi connectivity index (χ3n) is 3.72. The molecule has 0 aliphatic carbocycles. The fraction of sp³-hybridized carbons (Fsp3) is 0.263. The van der Waals surface area contributed by atoms with Gasteiger partial charge in [0.25, 0.3) is 11.6 Å². The summed E-state index contributed by atoms with van der Waals surface area (Å²) < 4.78 is 15.5. The quantitative estimate of drug-likeness (QED) is 0.419. The second-order valence-corrected chi connectivity index (χ2v) is 5.61. The number of anilines is 1. The minimum Gasteiger partial charge on any atom is -0.496 e. The number of hydrogen-bond acceptors (Lipinski definition) is 7. The van der Waals surface area contributed by atoms with E-state index in [0.717, 1.165) is 0 Å². The number of rotatable bonds is 8. The molecule has 0 saturated carbocycles. The summed E-state index contributed by atoms with van der Waals surface area (Å²) >= 11 is 0. The number of benzene rings is 2. The van der Waals surface area contributed by atoms with Crippen LogP contribution in [0.5, 0.6) is 11.5 Å². The molecule has 28 heavy (non-hydrogen) atoms. The summed E-state index contributed by atoms with van der Waals surface area (Å²) in [5, 5.41) is 13.6. The number of amides is 1. The van der Waals surface area contributed by atoms with Crippen molar-refractivity contribution in [2.45, 2.75) is 20.0 Å². The Hall–Kier alpha value is -3.62. The molecule has 2 aromatic rings. The van der Waals surface area contributed by atoms with Gasteiger partial charge in [0, 0.05) is 0 Å². The summed E-state index contributed by atoms with van der Waals surface area (Å²) in [7, 11) is 1.37. The summed E-state index contributed by atoms with van der Waals surface area (Å²) in [6, 6.07) is 10.5. The molecule has 0 heterocycles. The zero-order chi connectivity index (χ0) is 20.7. The largest absolute Gasteiger partial charge is 0.496 e. The molecule has 0 radical (unpaired) electrons. The normalized spacial score (nSPS) is 11.2. The van der Waals surface area contributed by atoms with Crippen molar-refractivity contribution in [3.05, 3.63) is 58.1 Å². The number of hydrogen-bond donors (Lipinski definition) is 1. The van der Waals surface area contributed by atoms with E-state index < -0.39 is 22.9 Å². The van der Waals surface area contributed by atoms with Gasteiger partial charge in [-0.05, 0) is 38.1 Å². The van der Waals surface area contributed by atoms with Crippen LogP contribution >= 0.6 is 0 Å². The summed E-state index contributed by atoms with van der Waals surface area (Å²) in [6.45, 7) is 3.51. The van der Waals surface area contributed by atoms with E-state index >= 15 is 0 Å². The molecule has 0 aromatic heterocycles. The van der Waals surface area contributed by atoms with Crippen LogP contribution in [0, 0.1) is 10.1 Å². The van der Waals surface area contributed by atoms with E-state index in [2.05, 4.69) is 5.32 Å². The Morgan fingerprint density at radius 1 is 1.21 bits per heavy atom. The zero-order valence-corrected chi connectivity index (χ0v) is 15.6. The van der Waals surface area contributed by atoms with Crippen LogP contribution in [0.2, 0.25) is 0 Å².